The number of hydrogen-bond acceptors (Lipinski definition) is 3. The van der Waals surface area contributed by atoms with Crippen molar-refractivity contribution in [1.82, 2.24) is 15.1 Å². The van der Waals surface area contributed by atoms with Crippen LogP contribution in [0.4, 0.5) is 4.39 Å². The predicted molar refractivity (Wildman–Crippen MR) is 113 cm³/mol. The molecule has 3 aliphatic carbocycles. The van der Waals surface area contributed by atoms with Crippen LogP contribution >= 0.6 is 0 Å². The molecule has 1 heterocycles. The molecule has 3 aliphatic rings. The molecule has 1 N–H and O–H groups in total. The number of rotatable bonds is 4. The number of halogens is 1. The highest BCUT2D eigenvalue weighted by Gasteiger charge is 2.49. The molecule has 1 aromatic heterocycles. The molecule has 0 spiro atoms. The first-order chi connectivity index (χ1) is 14.5. The van der Waals surface area contributed by atoms with E-state index < -0.39 is 5.67 Å². The van der Waals surface area contributed by atoms with E-state index in [1.54, 1.807) is 24.3 Å². The van der Waals surface area contributed by atoms with E-state index in [1.807, 2.05) is 30.3 Å². The average Bonchev–Trinajstić information content (AvgIpc) is 2.77. The van der Waals surface area contributed by atoms with Crippen molar-refractivity contribution in [3.8, 4) is 0 Å². The summed E-state index contributed by atoms with van der Waals surface area (Å²) < 4.78 is 15.9. The summed E-state index contributed by atoms with van der Waals surface area (Å²) in [7, 11) is 0. The summed E-state index contributed by atoms with van der Waals surface area (Å²) in [5.74, 6) is -0.290. The van der Waals surface area contributed by atoms with E-state index in [-0.39, 0.29) is 22.7 Å². The lowest BCUT2D eigenvalue weighted by Crippen LogP contribution is -2.57. The number of aromatic nitrogens is 2. The second-order valence-electron chi connectivity index (χ2n) is 8.73. The number of nitrogens with zero attached hydrogens (tertiary/aromatic N) is 2. The van der Waals surface area contributed by atoms with Crippen molar-refractivity contribution in [2.75, 3.05) is 0 Å². The second kappa shape index (κ2) is 7.04. The Morgan fingerprint density at radius 2 is 1.53 bits per heavy atom. The molecule has 3 fully saturated rings. The summed E-state index contributed by atoms with van der Waals surface area (Å²) in [6.07, 6.45) is 3.43. The summed E-state index contributed by atoms with van der Waals surface area (Å²) in [4.78, 5) is 26.3. The van der Waals surface area contributed by atoms with E-state index in [9.17, 15) is 14.0 Å². The topological polar surface area (TPSA) is 64.0 Å². The van der Waals surface area contributed by atoms with Gasteiger partial charge in [-0.2, -0.15) is 5.10 Å². The number of carbonyl (C=O) groups excluding carboxylic acids is 1. The van der Waals surface area contributed by atoms with Crippen LogP contribution in [0.2, 0.25) is 0 Å². The van der Waals surface area contributed by atoms with Gasteiger partial charge in [0.2, 0.25) is 0 Å². The van der Waals surface area contributed by atoms with Crippen LogP contribution < -0.4 is 10.9 Å². The summed E-state index contributed by atoms with van der Waals surface area (Å²) in [6, 6.07) is 16.7. The van der Waals surface area contributed by atoms with Crippen LogP contribution in [0.3, 0.4) is 0 Å². The molecule has 30 heavy (non-hydrogen) atoms. The third kappa shape index (κ3) is 3.30. The molecule has 3 saturated carbocycles. The zero-order chi connectivity index (χ0) is 20.8. The highest BCUT2D eigenvalue weighted by Crippen LogP contribution is 2.49. The molecule has 0 aliphatic heterocycles. The lowest BCUT2D eigenvalue weighted by atomic mass is 9.64. The van der Waals surface area contributed by atoms with Crippen LogP contribution in [0.25, 0.3) is 10.8 Å². The molecular weight excluding hydrogens is 381 g/mol. The minimum absolute atomic E-state index is 0.221. The maximum atomic E-state index is 14.5. The molecule has 2 aromatic carbocycles. The fourth-order valence-electron chi connectivity index (χ4n) is 4.89. The molecule has 3 aromatic rings. The SMILES string of the molecule is O=C(NC12CCC(F)(CC1)CC2)c1nn(Cc2ccccc2)c(=O)c2ccccc12. The van der Waals surface area contributed by atoms with Crippen LogP contribution in [0.15, 0.2) is 59.4 Å². The molecule has 1 amide bonds. The fraction of sp³-hybridized carbons (Fsp3) is 0.375. The molecule has 0 saturated heterocycles. The predicted octanol–water partition coefficient (Wildman–Crippen LogP) is 3.99. The van der Waals surface area contributed by atoms with Crippen LogP contribution in [0, 0.1) is 0 Å². The maximum Gasteiger partial charge on any atom is 0.274 e. The number of amides is 1. The first kappa shape index (κ1) is 19.0. The third-order valence-electron chi connectivity index (χ3n) is 6.79. The van der Waals surface area contributed by atoms with Crippen LogP contribution in [-0.4, -0.2) is 26.9 Å². The molecule has 5 nitrogen and oxygen atoms in total. The quantitative estimate of drug-likeness (QED) is 0.714. The van der Waals surface area contributed by atoms with E-state index >= 15 is 0 Å². The summed E-state index contributed by atoms with van der Waals surface area (Å²) in [6.45, 7) is 0.292. The molecule has 6 rings (SSSR count). The molecule has 0 radical (unpaired) electrons. The molecule has 0 unspecified atom stereocenters. The second-order valence-corrected chi connectivity index (χ2v) is 8.73. The summed E-state index contributed by atoms with van der Waals surface area (Å²) in [5, 5.41) is 8.67. The standard InChI is InChI=1S/C24H24FN3O2/c25-23-10-13-24(14-11-23,15-12-23)26-21(29)20-18-8-4-5-9-19(18)22(30)28(27-20)16-17-6-2-1-3-7-17/h1-9H,10-16H2,(H,26,29). The van der Waals surface area contributed by atoms with Gasteiger partial charge in [-0.1, -0.05) is 48.5 Å². The van der Waals surface area contributed by atoms with Crippen molar-refractivity contribution in [3.05, 3.63) is 76.2 Å². The number of benzene rings is 2. The Labute approximate surface area is 173 Å². The van der Waals surface area contributed by atoms with Gasteiger partial charge < -0.3 is 5.32 Å². The minimum atomic E-state index is -1.06. The van der Waals surface area contributed by atoms with Crippen molar-refractivity contribution in [1.29, 1.82) is 0 Å². The Morgan fingerprint density at radius 3 is 2.20 bits per heavy atom. The van der Waals surface area contributed by atoms with Gasteiger partial charge in [-0.15, -0.1) is 0 Å². The number of nitrogens with one attached hydrogen (secondary N) is 1. The number of hydrogen-bond donors (Lipinski definition) is 1. The molecule has 0 atom stereocenters. The van der Waals surface area contributed by atoms with Gasteiger partial charge in [-0.25, -0.2) is 9.07 Å². The Kier molecular flexibility index (Phi) is 4.45. The van der Waals surface area contributed by atoms with Gasteiger partial charge in [0.05, 0.1) is 11.9 Å². The van der Waals surface area contributed by atoms with Crippen molar-refractivity contribution in [3.63, 3.8) is 0 Å². The lowest BCUT2D eigenvalue weighted by Gasteiger charge is -2.49. The van der Waals surface area contributed by atoms with Crippen molar-refractivity contribution in [2.45, 2.75) is 56.3 Å². The monoisotopic (exact) mass is 405 g/mol. The zero-order valence-corrected chi connectivity index (χ0v) is 16.7. The van der Waals surface area contributed by atoms with Gasteiger partial charge in [-0.05, 0) is 50.2 Å². The number of carbonyl (C=O) groups is 1. The lowest BCUT2D eigenvalue weighted by molar-refractivity contribution is -0.00658. The van der Waals surface area contributed by atoms with Gasteiger partial charge in [0.1, 0.15) is 5.67 Å². The first-order valence-electron chi connectivity index (χ1n) is 10.5. The smallest absolute Gasteiger partial charge is 0.274 e. The van der Waals surface area contributed by atoms with Gasteiger partial charge in [0, 0.05) is 10.9 Å². The van der Waals surface area contributed by atoms with Gasteiger partial charge in [0.25, 0.3) is 11.5 Å². The minimum Gasteiger partial charge on any atom is -0.345 e. The normalized spacial score (nSPS) is 25.4. The highest BCUT2D eigenvalue weighted by atomic mass is 19.1. The summed E-state index contributed by atoms with van der Waals surface area (Å²) >= 11 is 0. The Hall–Kier alpha value is -3.02. The molecular formula is C24H24FN3O2. The van der Waals surface area contributed by atoms with E-state index in [0.717, 1.165) is 5.56 Å². The van der Waals surface area contributed by atoms with E-state index in [4.69, 9.17) is 0 Å². The Bertz CT molecular complexity index is 1150. The van der Waals surface area contributed by atoms with Gasteiger partial charge in [0.15, 0.2) is 5.69 Å². The van der Waals surface area contributed by atoms with E-state index in [1.165, 1.54) is 4.68 Å². The van der Waals surface area contributed by atoms with E-state index in [0.29, 0.717) is 55.8 Å². The first-order valence-corrected chi connectivity index (χ1v) is 10.5. The highest BCUT2D eigenvalue weighted by molar-refractivity contribution is 6.05. The maximum absolute atomic E-state index is 14.5. The van der Waals surface area contributed by atoms with Crippen molar-refractivity contribution >= 4 is 16.7 Å². The van der Waals surface area contributed by atoms with E-state index in [2.05, 4.69) is 10.4 Å². The third-order valence-corrected chi connectivity index (χ3v) is 6.79. The molecule has 2 bridgehead atoms. The van der Waals surface area contributed by atoms with Gasteiger partial charge >= 0.3 is 0 Å². The van der Waals surface area contributed by atoms with Crippen LogP contribution in [-0.2, 0) is 6.54 Å². The zero-order valence-electron chi connectivity index (χ0n) is 16.7. The Morgan fingerprint density at radius 1 is 0.933 bits per heavy atom. The largest absolute Gasteiger partial charge is 0.345 e. The van der Waals surface area contributed by atoms with Crippen LogP contribution in [0.1, 0.15) is 54.6 Å². The Balaban J connectivity index is 1.52. The van der Waals surface area contributed by atoms with Crippen LogP contribution in [0.5, 0.6) is 0 Å². The molecule has 154 valence electrons. The number of fused-ring (bicyclic) bond motifs is 4. The number of alkyl halides is 1. The fourth-order valence-corrected chi connectivity index (χ4v) is 4.89. The van der Waals surface area contributed by atoms with Crippen molar-refractivity contribution < 1.29 is 9.18 Å². The average molecular weight is 405 g/mol. The van der Waals surface area contributed by atoms with Gasteiger partial charge in [-0.3, -0.25) is 9.59 Å². The molecule has 6 heteroatoms. The van der Waals surface area contributed by atoms with Crippen molar-refractivity contribution in [2.24, 2.45) is 0 Å². The summed E-state index contributed by atoms with van der Waals surface area (Å²) in [5.41, 5.74) is -0.458.